The minimum atomic E-state index is -3.19. The maximum absolute atomic E-state index is 13.0. The Kier molecular flexibility index (Phi) is 4.06. The molecule has 0 aliphatic rings. The van der Waals surface area contributed by atoms with Crippen LogP contribution in [0.4, 0.5) is 10.1 Å². The smallest absolute Gasteiger partial charge is 0.338 e. The molecule has 0 aliphatic heterocycles. The first-order valence-corrected chi connectivity index (χ1v) is 6.75. The van der Waals surface area contributed by atoms with Gasteiger partial charge in [-0.25, -0.2) is 17.6 Å². The quantitative estimate of drug-likeness (QED) is 0.634. The van der Waals surface area contributed by atoms with E-state index in [9.17, 15) is 17.6 Å². The van der Waals surface area contributed by atoms with Crippen molar-refractivity contribution in [1.82, 2.24) is 0 Å². The molecule has 17 heavy (non-hydrogen) atoms. The van der Waals surface area contributed by atoms with Crippen LogP contribution >= 0.6 is 0 Å². The predicted molar refractivity (Wildman–Crippen MR) is 60.8 cm³/mol. The van der Waals surface area contributed by atoms with Gasteiger partial charge in [-0.05, 0) is 18.2 Å². The van der Waals surface area contributed by atoms with Gasteiger partial charge in [0.1, 0.15) is 12.4 Å². The van der Waals surface area contributed by atoms with E-state index in [2.05, 4.69) is 4.74 Å². The van der Waals surface area contributed by atoms with E-state index >= 15 is 0 Å². The fourth-order valence-electron chi connectivity index (χ4n) is 1.02. The zero-order valence-electron chi connectivity index (χ0n) is 9.14. The zero-order valence-corrected chi connectivity index (χ0v) is 9.96. The highest BCUT2D eigenvalue weighted by Crippen LogP contribution is 2.12. The van der Waals surface area contributed by atoms with Gasteiger partial charge in [0.05, 0.1) is 17.0 Å². The summed E-state index contributed by atoms with van der Waals surface area (Å²) in [5.74, 6) is -1.77. The summed E-state index contributed by atoms with van der Waals surface area (Å²) in [4.78, 5) is 11.4. The molecule has 1 aromatic rings. The summed E-state index contributed by atoms with van der Waals surface area (Å²) in [6.07, 6.45) is 1.03. The minimum absolute atomic E-state index is 0.00907. The first-order chi connectivity index (χ1) is 7.79. The van der Waals surface area contributed by atoms with Gasteiger partial charge in [0.15, 0.2) is 9.84 Å². The van der Waals surface area contributed by atoms with Crippen molar-refractivity contribution in [3.63, 3.8) is 0 Å². The van der Waals surface area contributed by atoms with Crippen LogP contribution in [0, 0.1) is 5.82 Å². The maximum Gasteiger partial charge on any atom is 0.338 e. The van der Waals surface area contributed by atoms with Gasteiger partial charge in [0.25, 0.3) is 0 Å². The molecule has 94 valence electrons. The lowest BCUT2D eigenvalue weighted by Crippen LogP contribution is -2.14. The minimum Gasteiger partial charge on any atom is -0.461 e. The molecule has 7 heteroatoms. The number of carbonyl (C=O) groups is 1. The van der Waals surface area contributed by atoms with Crippen molar-refractivity contribution < 1.29 is 22.3 Å². The normalized spacial score (nSPS) is 11.2. The van der Waals surface area contributed by atoms with Crippen molar-refractivity contribution in [3.8, 4) is 0 Å². The first kappa shape index (κ1) is 13.4. The largest absolute Gasteiger partial charge is 0.461 e. The van der Waals surface area contributed by atoms with E-state index in [4.69, 9.17) is 5.73 Å². The van der Waals surface area contributed by atoms with Crippen molar-refractivity contribution in [2.75, 3.05) is 24.3 Å². The van der Waals surface area contributed by atoms with E-state index in [1.807, 2.05) is 0 Å². The van der Waals surface area contributed by atoms with Crippen molar-refractivity contribution in [2.24, 2.45) is 0 Å². The average Bonchev–Trinajstić information content (AvgIpc) is 2.20. The summed E-state index contributed by atoms with van der Waals surface area (Å²) in [5.41, 5.74) is 5.16. The number of anilines is 1. The molecule has 0 aliphatic carbocycles. The van der Waals surface area contributed by atoms with Gasteiger partial charge in [-0.15, -0.1) is 0 Å². The molecule has 0 amide bonds. The molecule has 0 heterocycles. The summed E-state index contributed by atoms with van der Waals surface area (Å²) in [5, 5.41) is 0. The molecule has 0 aromatic heterocycles. The number of halogens is 1. The van der Waals surface area contributed by atoms with Gasteiger partial charge >= 0.3 is 5.97 Å². The average molecular weight is 261 g/mol. The topological polar surface area (TPSA) is 86.5 Å². The van der Waals surface area contributed by atoms with Gasteiger partial charge in [-0.1, -0.05) is 0 Å². The molecule has 0 spiro atoms. The maximum atomic E-state index is 13.0. The Morgan fingerprint density at radius 3 is 2.65 bits per heavy atom. The van der Waals surface area contributed by atoms with Gasteiger partial charge < -0.3 is 10.5 Å². The second-order valence-electron chi connectivity index (χ2n) is 3.50. The lowest BCUT2D eigenvalue weighted by molar-refractivity contribution is 0.0529. The molecule has 0 unspecified atom stereocenters. The summed E-state index contributed by atoms with van der Waals surface area (Å²) in [7, 11) is -3.19. The van der Waals surface area contributed by atoms with Gasteiger partial charge in [0, 0.05) is 6.26 Å². The molecule has 1 aromatic carbocycles. The van der Waals surface area contributed by atoms with Crippen molar-refractivity contribution in [3.05, 3.63) is 29.6 Å². The van der Waals surface area contributed by atoms with Gasteiger partial charge in [-0.3, -0.25) is 0 Å². The van der Waals surface area contributed by atoms with Crippen LogP contribution in [0.25, 0.3) is 0 Å². The Balaban J connectivity index is 2.61. The molecule has 0 saturated carbocycles. The standard InChI is InChI=1S/C10H12FNO4S/c1-17(14,15)5-4-16-10(13)7-2-3-9(12)8(11)6-7/h2-3,6H,4-5,12H2,1H3. The Morgan fingerprint density at radius 2 is 2.12 bits per heavy atom. The van der Waals surface area contributed by atoms with Crippen molar-refractivity contribution >= 4 is 21.5 Å². The summed E-state index contributed by atoms with van der Waals surface area (Å²) < 4.78 is 39.3. The van der Waals surface area contributed by atoms with Crippen LogP contribution in [0.3, 0.4) is 0 Å². The molecular weight excluding hydrogens is 249 g/mol. The summed E-state index contributed by atoms with van der Waals surface area (Å²) in [6.45, 7) is -0.260. The predicted octanol–water partition coefficient (Wildman–Crippen LogP) is 0.609. The monoisotopic (exact) mass is 261 g/mol. The summed E-state index contributed by atoms with van der Waals surface area (Å²) >= 11 is 0. The number of nitrogen functional groups attached to an aromatic ring is 1. The Labute approximate surface area is 98.3 Å². The third-order valence-electron chi connectivity index (χ3n) is 1.92. The van der Waals surface area contributed by atoms with Crippen LogP contribution in [-0.2, 0) is 14.6 Å². The summed E-state index contributed by atoms with van der Waals surface area (Å²) in [6, 6.07) is 3.49. The number of hydrogen-bond donors (Lipinski definition) is 1. The highest BCUT2D eigenvalue weighted by atomic mass is 32.2. The van der Waals surface area contributed by atoms with Crippen molar-refractivity contribution in [1.29, 1.82) is 0 Å². The molecule has 5 nitrogen and oxygen atoms in total. The van der Waals surface area contributed by atoms with E-state index < -0.39 is 21.6 Å². The Hall–Kier alpha value is -1.63. The zero-order chi connectivity index (χ0) is 13.1. The fraction of sp³-hybridized carbons (Fsp3) is 0.300. The number of carbonyl (C=O) groups excluding carboxylic acids is 1. The van der Waals surface area contributed by atoms with Crippen LogP contribution in [-0.4, -0.2) is 33.0 Å². The number of nitrogens with two attached hydrogens (primary N) is 1. The highest BCUT2D eigenvalue weighted by Gasteiger charge is 2.11. The van der Waals surface area contributed by atoms with Gasteiger partial charge in [0.2, 0.25) is 0 Å². The second kappa shape index (κ2) is 5.13. The molecule has 0 atom stereocenters. The number of benzene rings is 1. The van der Waals surface area contributed by atoms with Crippen LogP contribution in [0.1, 0.15) is 10.4 Å². The molecule has 0 radical (unpaired) electrons. The number of esters is 1. The highest BCUT2D eigenvalue weighted by molar-refractivity contribution is 7.90. The second-order valence-corrected chi connectivity index (χ2v) is 5.76. The third-order valence-corrected chi connectivity index (χ3v) is 2.83. The number of ether oxygens (including phenoxy) is 1. The molecule has 0 saturated heterocycles. The Morgan fingerprint density at radius 1 is 1.47 bits per heavy atom. The number of sulfone groups is 1. The van der Waals surface area contributed by atoms with E-state index in [0.717, 1.165) is 12.3 Å². The van der Waals surface area contributed by atoms with Crippen LogP contribution in [0.15, 0.2) is 18.2 Å². The van der Waals surface area contributed by atoms with Crippen LogP contribution in [0.5, 0.6) is 0 Å². The first-order valence-electron chi connectivity index (χ1n) is 4.69. The van der Waals surface area contributed by atoms with E-state index in [0.29, 0.717) is 0 Å². The molecular formula is C10H12FNO4S. The van der Waals surface area contributed by atoms with E-state index in [1.165, 1.54) is 12.1 Å². The number of hydrogen-bond acceptors (Lipinski definition) is 5. The Bertz CT molecular complexity index is 527. The van der Waals surface area contributed by atoms with Crippen LogP contribution in [0.2, 0.25) is 0 Å². The third kappa shape index (κ3) is 4.39. The number of rotatable bonds is 4. The van der Waals surface area contributed by atoms with Gasteiger partial charge in [-0.2, -0.15) is 0 Å². The molecule has 2 N–H and O–H groups in total. The molecule has 0 fully saturated rings. The van der Waals surface area contributed by atoms with E-state index in [-0.39, 0.29) is 23.6 Å². The lowest BCUT2D eigenvalue weighted by Gasteiger charge is -2.04. The van der Waals surface area contributed by atoms with E-state index in [1.54, 1.807) is 0 Å². The lowest BCUT2D eigenvalue weighted by atomic mass is 10.2. The fourth-order valence-corrected chi connectivity index (χ4v) is 1.41. The SMILES string of the molecule is CS(=O)(=O)CCOC(=O)c1ccc(N)c(F)c1. The van der Waals surface area contributed by atoms with Crippen molar-refractivity contribution in [2.45, 2.75) is 0 Å². The molecule has 1 rings (SSSR count). The van der Waals surface area contributed by atoms with Crippen LogP contribution < -0.4 is 5.73 Å². The molecule has 0 bridgehead atoms.